The number of ketones is 1. The molecule has 0 bridgehead atoms. The Hall–Kier alpha value is -2.15. The van der Waals surface area contributed by atoms with Crippen LogP contribution in [0.3, 0.4) is 0 Å². The van der Waals surface area contributed by atoms with Crippen LogP contribution in [0.4, 0.5) is 0 Å². The number of carbonyl (C=O) groups is 1. The molecular formula is C26H30O. The Morgan fingerprint density at radius 3 is 2.33 bits per heavy atom. The lowest BCUT2D eigenvalue weighted by Gasteiger charge is -2.47. The highest BCUT2D eigenvalue weighted by atomic mass is 16.1. The van der Waals surface area contributed by atoms with Gasteiger partial charge in [-0.25, -0.2) is 0 Å². The second kappa shape index (κ2) is 5.92. The average Bonchev–Trinajstić information content (AvgIpc) is 3.03. The van der Waals surface area contributed by atoms with E-state index >= 15 is 0 Å². The third-order valence-electron chi connectivity index (χ3n) is 7.36. The largest absolute Gasteiger partial charge is 0.300 e. The fraction of sp³-hybridized carbons (Fsp3) is 0.423. The van der Waals surface area contributed by atoms with E-state index < -0.39 is 0 Å². The van der Waals surface area contributed by atoms with Crippen LogP contribution >= 0.6 is 0 Å². The lowest BCUT2D eigenvalue weighted by atomic mass is 9.56. The molecule has 4 rings (SSSR count). The molecule has 2 aliphatic rings. The molecule has 1 heteroatoms. The summed E-state index contributed by atoms with van der Waals surface area (Å²) < 4.78 is 0. The van der Waals surface area contributed by atoms with Crippen LogP contribution in [0.25, 0.3) is 5.57 Å². The summed E-state index contributed by atoms with van der Waals surface area (Å²) in [5, 5.41) is 0. The van der Waals surface area contributed by atoms with Crippen LogP contribution in [0.2, 0.25) is 0 Å². The van der Waals surface area contributed by atoms with E-state index in [0.29, 0.717) is 11.7 Å². The van der Waals surface area contributed by atoms with E-state index in [0.717, 1.165) is 6.42 Å². The standard InChI is InChI=1S/C26H30O/c1-16(2)26-22-14-17(3)12-13-20(22)24(19-10-8-7-9-11-19)23(26)15-21(18(4)27)25(26,5)6/h7-14,16,21H,15H2,1-6H3/t21-,26-/m1/s1. The molecule has 0 amide bonds. The third-order valence-corrected chi connectivity index (χ3v) is 7.36. The molecule has 27 heavy (non-hydrogen) atoms. The van der Waals surface area contributed by atoms with E-state index in [1.165, 1.54) is 33.4 Å². The van der Waals surface area contributed by atoms with Crippen molar-refractivity contribution in [1.82, 2.24) is 0 Å². The Morgan fingerprint density at radius 2 is 1.74 bits per heavy atom. The molecule has 2 aliphatic carbocycles. The van der Waals surface area contributed by atoms with Crippen molar-refractivity contribution in [3.63, 3.8) is 0 Å². The zero-order chi connectivity index (χ0) is 19.6. The Morgan fingerprint density at radius 1 is 1.07 bits per heavy atom. The quantitative estimate of drug-likeness (QED) is 0.626. The second-order valence-corrected chi connectivity index (χ2v) is 9.32. The van der Waals surface area contributed by atoms with E-state index in [4.69, 9.17) is 0 Å². The Labute approximate surface area is 163 Å². The summed E-state index contributed by atoms with van der Waals surface area (Å²) in [5.74, 6) is 0.819. The zero-order valence-corrected chi connectivity index (χ0v) is 17.4. The number of benzene rings is 2. The summed E-state index contributed by atoms with van der Waals surface area (Å²) in [6.45, 7) is 13.3. The molecule has 1 saturated carbocycles. The molecule has 1 nitrogen and oxygen atoms in total. The van der Waals surface area contributed by atoms with Crippen LogP contribution < -0.4 is 0 Å². The molecule has 0 unspecified atom stereocenters. The first-order chi connectivity index (χ1) is 12.7. The van der Waals surface area contributed by atoms with Gasteiger partial charge in [0.1, 0.15) is 5.78 Å². The van der Waals surface area contributed by atoms with Crippen molar-refractivity contribution in [3.8, 4) is 0 Å². The van der Waals surface area contributed by atoms with Crippen LogP contribution in [-0.2, 0) is 10.2 Å². The lowest BCUT2D eigenvalue weighted by molar-refractivity contribution is -0.124. The van der Waals surface area contributed by atoms with Gasteiger partial charge >= 0.3 is 0 Å². The molecule has 0 saturated heterocycles. The van der Waals surface area contributed by atoms with Gasteiger partial charge in [-0.15, -0.1) is 0 Å². The van der Waals surface area contributed by atoms with Gasteiger partial charge in [-0.1, -0.05) is 81.8 Å². The van der Waals surface area contributed by atoms with Crippen molar-refractivity contribution in [2.45, 2.75) is 53.4 Å². The molecule has 2 atom stereocenters. The number of rotatable bonds is 3. The Bertz CT molecular complexity index is 945. The predicted octanol–water partition coefficient (Wildman–Crippen LogP) is 6.34. The first kappa shape index (κ1) is 18.2. The van der Waals surface area contributed by atoms with Gasteiger partial charge in [-0.05, 0) is 59.4 Å². The predicted molar refractivity (Wildman–Crippen MR) is 113 cm³/mol. The van der Waals surface area contributed by atoms with Gasteiger partial charge in [0.2, 0.25) is 0 Å². The van der Waals surface area contributed by atoms with Crippen molar-refractivity contribution in [3.05, 3.63) is 76.4 Å². The first-order valence-electron chi connectivity index (χ1n) is 10.1. The third kappa shape index (κ3) is 2.21. The summed E-state index contributed by atoms with van der Waals surface area (Å²) in [5.41, 5.74) is 8.03. The molecule has 2 aromatic rings. The molecule has 0 aromatic heterocycles. The van der Waals surface area contributed by atoms with E-state index in [1.807, 2.05) is 0 Å². The summed E-state index contributed by atoms with van der Waals surface area (Å²) >= 11 is 0. The lowest BCUT2D eigenvalue weighted by Crippen LogP contribution is -2.46. The van der Waals surface area contributed by atoms with E-state index in [-0.39, 0.29) is 16.7 Å². The fourth-order valence-electron chi connectivity index (χ4n) is 6.45. The molecule has 0 N–H and O–H groups in total. The minimum atomic E-state index is -0.110. The number of carbonyl (C=O) groups excluding carboxylic acids is 1. The van der Waals surface area contributed by atoms with Gasteiger partial charge in [0.05, 0.1) is 0 Å². The van der Waals surface area contributed by atoms with Crippen LogP contribution in [0.1, 0.15) is 63.3 Å². The minimum absolute atomic E-state index is 0.0716. The monoisotopic (exact) mass is 358 g/mol. The van der Waals surface area contributed by atoms with Crippen LogP contribution in [0.5, 0.6) is 0 Å². The average molecular weight is 359 g/mol. The highest BCUT2D eigenvalue weighted by Gasteiger charge is 2.64. The van der Waals surface area contributed by atoms with Gasteiger partial charge in [0.25, 0.3) is 0 Å². The summed E-state index contributed by atoms with van der Waals surface area (Å²) in [6.07, 6.45) is 0.873. The van der Waals surface area contributed by atoms with Crippen molar-refractivity contribution in [2.24, 2.45) is 17.3 Å². The SMILES string of the molecule is CC(=O)[C@H]1CC2=C(c3ccccc3)c3ccc(C)cc3[C@@]2(C(C)C)C1(C)C. The number of hydrogen-bond donors (Lipinski definition) is 0. The zero-order valence-electron chi connectivity index (χ0n) is 17.4. The number of fused-ring (bicyclic) bond motifs is 3. The van der Waals surface area contributed by atoms with Crippen LogP contribution in [0, 0.1) is 24.2 Å². The molecule has 1 fully saturated rings. The number of Topliss-reactive ketones (excluding diaryl/α,β-unsaturated/α-hetero) is 1. The minimum Gasteiger partial charge on any atom is -0.300 e. The summed E-state index contributed by atoms with van der Waals surface area (Å²) in [7, 11) is 0. The van der Waals surface area contributed by atoms with Crippen LogP contribution in [-0.4, -0.2) is 5.78 Å². The van der Waals surface area contributed by atoms with Crippen molar-refractivity contribution < 1.29 is 4.79 Å². The van der Waals surface area contributed by atoms with Crippen molar-refractivity contribution in [1.29, 1.82) is 0 Å². The van der Waals surface area contributed by atoms with E-state index in [2.05, 4.69) is 83.1 Å². The smallest absolute Gasteiger partial charge is 0.133 e. The van der Waals surface area contributed by atoms with Gasteiger partial charge in [0.15, 0.2) is 0 Å². The van der Waals surface area contributed by atoms with E-state index in [9.17, 15) is 4.79 Å². The van der Waals surface area contributed by atoms with E-state index in [1.54, 1.807) is 6.92 Å². The van der Waals surface area contributed by atoms with Gasteiger partial charge < -0.3 is 0 Å². The fourth-order valence-corrected chi connectivity index (χ4v) is 6.45. The summed E-state index contributed by atoms with van der Waals surface area (Å²) in [6, 6.07) is 17.7. The van der Waals surface area contributed by atoms with Gasteiger partial charge in [-0.3, -0.25) is 4.79 Å². The summed E-state index contributed by atoms with van der Waals surface area (Å²) in [4.78, 5) is 12.7. The number of aryl methyl sites for hydroxylation is 1. The van der Waals surface area contributed by atoms with Crippen molar-refractivity contribution in [2.75, 3.05) is 0 Å². The Kier molecular flexibility index (Phi) is 4.00. The van der Waals surface area contributed by atoms with Gasteiger partial charge in [0, 0.05) is 11.3 Å². The highest BCUT2D eigenvalue weighted by Crippen LogP contribution is 2.69. The molecule has 2 aromatic carbocycles. The number of hydrogen-bond acceptors (Lipinski definition) is 1. The maximum Gasteiger partial charge on any atom is 0.133 e. The Balaban J connectivity index is 2.13. The molecule has 0 radical (unpaired) electrons. The van der Waals surface area contributed by atoms with Crippen LogP contribution in [0.15, 0.2) is 54.1 Å². The topological polar surface area (TPSA) is 17.1 Å². The maximum absolute atomic E-state index is 12.7. The number of allylic oxidation sites excluding steroid dienone is 1. The normalized spacial score (nSPS) is 25.7. The highest BCUT2D eigenvalue weighted by molar-refractivity contribution is 5.93. The maximum atomic E-state index is 12.7. The molecule has 0 aliphatic heterocycles. The molecule has 0 spiro atoms. The van der Waals surface area contributed by atoms with Crippen molar-refractivity contribution >= 4 is 11.4 Å². The molecular weight excluding hydrogens is 328 g/mol. The first-order valence-corrected chi connectivity index (χ1v) is 10.1. The van der Waals surface area contributed by atoms with Gasteiger partial charge in [-0.2, -0.15) is 0 Å². The molecule has 0 heterocycles. The molecule has 140 valence electrons. The second-order valence-electron chi connectivity index (χ2n) is 9.32.